The number of amides is 1. The Labute approximate surface area is 156 Å². The average Bonchev–Trinajstić information content (AvgIpc) is 2.55. The van der Waals surface area contributed by atoms with Crippen molar-refractivity contribution in [1.29, 1.82) is 0 Å². The highest BCUT2D eigenvalue weighted by atomic mass is 33.1. The fourth-order valence-corrected chi connectivity index (χ4v) is 4.84. The molecule has 2 aliphatic rings. The quantitative estimate of drug-likeness (QED) is 0.431. The van der Waals surface area contributed by atoms with E-state index in [2.05, 4.69) is 5.32 Å². The molecule has 2 fully saturated rings. The van der Waals surface area contributed by atoms with Crippen molar-refractivity contribution in [3.8, 4) is 0 Å². The van der Waals surface area contributed by atoms with Crippen LogP contribution in [0.1, 0.15) is 45.4 Å². The van der Waals surface area contributed by atoms with Crippen molar-refractivity contribution >= 4 is 33.7 Å². The fraction of sp³-hybridized carbons (Fsp3) is 0.875. The second-order valence-corrected chi connectivity index (χ2v) is 9.08. The van der Waals surface area contributed by atoms with E-state index in [1.54, 1.807) is 0 Å². The van der Waals surface area contributed by atoms with Gasteiger partial charge in [-0.15, -0.1) is 0 Å². The van der Waals surface area contributed by atoms with Crippen LogP contribution in [0.15, 0.2) is 0 Å². The van der Waals surface area contributed by atoms with Gasteiger partial charge >= 0.3 is 12.1 Å². The van der Waals surface area contributed by atoms with Gasteiger partial charge in [-0.05, 0) is 25.2 Å². The van der Waals surface area contributed by atoms with E-state index >= 15 is 0 Å². The summed E-state index contributed by atoms with van der Waals surface area (Å²) in [5.74, 6) is -0.232. The molecular weight excluding hydrogens is 366 g/mol. The topological polar surface area (TPSA) is 94.1 Å². The molecule has 1 saturated carbocycles. The molecule has 1 saturated heterocycles. The van der Waals surface area contributed by atoms with Crippen molar-refractivity contribution in [2.75, 3.05) is 24.7 Å². The van der Waals surface area contributed by atoms with Gasteiger partial charge < -0.3 is 24.6 Å². The van der Waals surface area contributed by atoms with Gasteiger partial charge in [0.2, 0.25) is 0 Å². The van der Waals surface area contributed by atoms with E-state index in [9.17, 15) is 9.59 Å². The van der Waals surface area contributed by atoms with Crippen LogP contribution in [-0.4, -0.2) is 54.4 Å². The number of alkyl carbamates (subject to hydrolysis) is 1. The van der Waals surface area contributed by atoms with Crippen LogP contribution in [0, 0.1) is 5.41 Å². The number of aliphatic carboxylic acids is 1. The number of carboxylic acid groups (broad SMARTS) is 1. The molecule has 0 spiro atoms. The van der Waals surface area contributed by atoms with Gasteiger partial charge in [0.1, 0.15) is 12.4 Å². The number of hydrogen-bond donors (Lipinski definition) is 2. The van der Waals surface area contributed by atoms with Crippen LogP contribution >= 0.6 is 21.6 Å². The molecule has 1 aliphatic carbocycles. The molecule has 25 heavy (non-hydrogen) atoms. The third-order valence-electron chi connectivity index (χ3n) is 4.47. The minimum Gasteiger partial charge on any atom is -0.481 e. The normalized spacial score (nSPS) is 25.0. The lowest BCUT2D eigenvalue weighted by Crippen LogP contribution is -2.47. The van der Waals surface area contributed by atoms with Crippen LogP contribution in [0.2, 0.25) is 0 Å². The number of carbonyl (C=O) groups is 2. The van der Waals surface area contributed by atoms with Crippen molar-refractivity contribution < 1.29 is 28.9 Å². The van der Waals surface area contributed by atoms with Gasteiger partial charge in [0.15, 0.2) is 12.6 Å². The monoisotopic (exact) mass is 393 g/mol. The van der Waals surface area contributed by atoms with Crippen LogP contribution in [0.25, 0.3) is 0 Å². The number of nitrogens with one attached hydrogen (secondary N) is 1. The molecule has 1 amide bonds. The molecule has 0 unspecified atom stereocenters. The van der Waals surface area contributed by atoms with Gasteiger partial charge in [-0.3, -0.25) is 4.79 Å². The number of rotatable bonds is 10. The van der Waals surface area contributed by atoms with E-state index < -0.39 is 12.1 Å². The Bertz CT molecular complexity index is 438. The molecule has 1 heterocycles. The average molecular weight is 394 g/mol. The molecule has 1 aliphatic heterocycles. The predicted molar refractivity (Wildman–Crippen MR) is 97.5 cm³/mol. The summed E-state index contributed by atoms with van der Waals surface area (Å²) in [6, 6.07) is 0. The molecule has 2 rings (SSSR count). The smallest absolute Gasteiger partial charge is 0.407 e. The second kappa shape index (κ2) is 10.5. The zero-order chi connectivity index (χ0) is 18.1. The molecular formula is C16H27NO6S2. The maximum atomic E-state index is 11.9. The Morgan fingerprint density at radius 3 is 2.60 bits per heavy atom. The highest BCUT2D eigenvalue weighted by Gasteiger charge is 2.39. The lowest BCUT2D eigenvalue weighted by atomic mass is 9.71. The van der Waals surface area contributed by atoms with Crippen LogP contribution in [0.4, 0.5) is 4.79 Å². The van der Waals surface area contributed by atoms with Gasteiger partial charge in [0.25, 0.3) is 0 Å². The van der Waals surface area contributed by atoms with E-state index in [-0.39, 0.29) is 30.4 Å². The minimum atomic E-state index is -0.845. The predicted octanol–water partition coefficient (Wildman–Crippen LogP) is 3.24. The molecule has 0 aromatic rings. The SMILES string of the molecule is CC1OC(CC2(CNC(=O)OCCSSCC(=O)O)CCCCC2)O1. The molecule has 9 heteroatoms. The number of ether oxygens (including phenoxy) is 3. The molecule has 0 atom stereocenters. The fourth-order valence-electron chi connectivity index (χ4n) is 3.27. The van der Waals surface area contributed by atoms with Crippen molar-refractivity contribution in [2.24, 2.45) is 5.41 Å². The van der Waals surface area contributed by atoms with Gasteiger partial charge in [-0.2, -0.15) is 0 Å². The van der Waals surface area contributed by atoms with Crippen molar-refractivity contribution in [1.82, 2.24) is 5.32 Å². The Hall–Kier alpha value is -0.640. The summed E-state index contributed by atoms with van der Waals surface area (Å²) >= 11 is 0. The highest BCUT2D eigenvalue weighted by Crippen LogP contribution is 2.42. The first-order chi connectivity index (χ1) is 12.0. The summed E-state index contributed by atoms with van der Waals surface area (Å²) in [5.41, 5.74) is 0.0220. The number of hydrogen-bond acceptors (Lipinski definition) is 7. The van der Waals surface area contributed by atoms with E-state index in [0.29, 0.717) is 12.3 Å². The maximum Gasteiger partial charge on any atom is 0.407 e. The van der Waals surface area contributed by atoms with Gasteiger partial charge in [0, 0.05) is 18.7 Å². The van der Waals surface area contributed by atoms with Crippen LogP contribution < -0.4 is 5.32 Å². The molecule has 0 aromatic heterocycles. The van der Waals surface area contributed by atoms with Crippen LogP contribution in [-0.2, 0) is 19.0 Å². The Kier molecular flexibility index (Phi) is 8.68. The minimum absolute atomic E-state index is 0.0220. The zero-order valence-electron chi connectivity index (χ0n) is 14.5. The molecule has 0 radical (unpaired) electrons. The third-order valence-corrected chi connectivity index (χ3v) is 6.69. The van der Waals surface area contributed by atoms with Crippen LogP contribution in [0.5, 0.6) is 0 Å². The largest absolute Gasteiger partial charge is 0.481 e. The standard InChI is InChI=1S/C16H27NO6S2/c1-12-22-14(23-12)9-16(5-3-2-4-6-16)11-17-15(20)21-7-8-24-25-10-13(18)19/h12,14H,2-11H2,1H3,(H,17,20)(H,18,19). The van der Waals surface area contributed by atoms with E-state index in [4.69, 9.17) is 19.3 Å². The second-order valence-electron chi connectivity index (χ2n) is 6.50. The Balaban J connectivity index is 1.63. The molecule has 144 valence electrons. The van der Waals surface area contributed by atoms with E-state index in [1.807, 2.05) is 6.92 Å². The summed E-state index contributed by atoms with van der Waals surface area (Å²) in [6.45, 7) is 2.72. The first-order valence-corrected chi connectivity index (χ1v) is 11.2. The van der Waals surface area contributed by atoms with Crippen molar-refractivity contribution in [3.63, 3.8) is 0 Å². The lowest BCUT2D eigenvalue weighted by Gasteiger charge is -2.43. The zero-order valence-corrected chi connectivity index (χ0v) is 16.2. The summed E-state index contributed by atoms with van der Waals surface area (Å²) in [6.07, 6.45) is 5.79. The summed E-state index contributed by atoms with van der Waals surface area (Å²) in [4.78, 5) is 22.3. The van der Waals surface area contributed by atoms with Crippen LogP contribution in [0.3, 0.4) is 0 Å². The lowest BCUT2D eigenvalue weighted by molar-refractivity contribution is -0.383. The summed E-state index contributed by atoms with van der Waals surface area (Å²) in [7, 11) is 2.63. The highest BCUT2D eigenvalue weighted by molar-refractivity contribution is 8.76. The number of carboxylic acids is 1. The Morgan fingerprint density at radius 2 is 1.96 bits per heavy atom. The summed E-state index contributed by atoms with van der Waals surface area (Å²) < 4.78 is 16.3. The molecule has 0 aromatic carbocycles. The number of carbonyl (C=O) groups excluding carboxylic acids is 1. The third kappa shape index (κ3) is 7.64. The Morgan fingerprint density at radius 1 is 1.24 bits per heavy atom. The summed E-state index contributed by atoms with van der Waals surface area (Å²) in [5, 5.41) is 11.4. The molecule has 0 bridgehead atoms. The maximum absolute atomic E-state index is 11.9. The van der Waals surface area contributed by atoms with E-state index in [0.717, 1.165) is 32.1 Å². The van der Waals surface area contributed by atoms with Crippen molar-refractivity contribution in [3.05, 3.63) is 0 Å². The first-order valence-electron chi connectivity index (χ1n) is 8.67. The first kappa shape index (κ1) is 20.7. The molecule has 2 N–H and O–H groups in total. The van der Waals surface area contributed by atoms with Gasteiger partial charge in [-0.1, -0.05) is 40.9 Å². The van der Waals surface area contributed by atoms with E-state index in [1.165, 1.54) is 28.0 Å². The van der Waals surface area contributed by atoms with Crippen molar-refractivity contribution in [2.45, 2.75) is 58.0 Å². The van der Waals surface area contributed by atoms with Gasteiger partial charge in [0.05, 0.1) is 0 Å². The molecule has 7 nitrogen and oxygen atoms in total. The van der Waals surface area contributed by atoms with Gasteiger partial charge in [-0.25, -0.2) is 4.79 Å².